The third-order valence-electron chi connectivity index (χ3n) is 4.31. The number of nitrogens with zero attached hydrogens (tertiary/aromatic N) is 1. The largest absolute Gasteiger partial charge is 0.484 e. The molecule has 1 saturated carbocycles. The van der Waals surface area contributed by atoms with Crippen LogP contribution in [0.1, 0.15) is 31.2 Å². The van der Waals surface area contributed by atoms with Crippen LogP contribution in [0.3, 0.4) is 0 Å². The third-order valence-corrected chi connectivity index (χ3v) is 4.31. The molecule has 25 heavy (non-hydrogen) atoms. The minimum atomic E-state index is -0.0951. The molecule has 0 heterocycles. The molecule has 1 fully saturated rings. The van der Waals surface area contributed by atoms with Crippen LogP contribution in [0.2, 0.25) is 0 Å². The van der Waals surface area contributed by atoms with Gasteiger partial charge in [0.15, 0.2) is 6.61 Å². The van der Waals surface area contributed by atoms with E-state index in [1.54, 1.807) is 20.2 Å². The van der Waals surface area contributed by atoms with Gasteiger partial charge < -0.3 is 20.7 Å². The molecule has 2 atom stereocenters. The second kappa shape index (κ2) is 10.3. The summed E-state index contributed by atoms with van der Waals surface area (Å²) in [6.07, 6.45) is 3.70. The van der Waals surface area contributed by atoms with E-state index in [1.165, 1.54) is 4.90 Å². The Hall–Kier alpha value is -1.79. The van der Waals surface area contributed by atoms with Crippen molar-refractivity contribution in [3.8, 4) is 5.75 Å². The number of halogens is 1. The van der Waals surface area contributed by atoms with Gasteiger partial charge in [-0.1, -0.05) is 18.6 Å². The van der Waals surface area contributed by atoms with Gasteiger partial charge in [0.2, 0.25) is 5.91 Å². The van der Waals surface area contributed by atoms with Gasteiger partial charge in [0.25, 0.3) is 5.91 Å². The Labute approximate surface area is 155 Å². The number of carbonyl (C=O) groups is 2. The van der Waals surface area contributed by atoms with E-state index in [0.29, 0.717) is 12.3 Å². The summed E-state index contributed by atoms with van der Waals surface area (Å²) in [6, 6.07) is 7.56. The number of nitrogens with two attached hydrogens (primary N) is 1. The van der Waals surface area contributed by atoms with Crippen molar-refractivity contribution in [2.75, 3.05) is 20.7 Å². The Bertz CT molecular complexity index is 580. The zero-order valence-corrected chi connectivity index (χ0v) is 15.7. The van der Waals surface area contributed by atoms with Gasteiger partial charge in [-0.25, -0.2) is 0 Å². The quantitative estimate of drug-likeness (QED) is 0.799. The summed E-state index contributed by atoms with van der Waals surface area (Å²) in [6.45, 7) is 0.451. The van der Waals surface area contributed by atoms with E-state index in [2.05, 4.69) is 5.32 Å². The summed E-state index contributed by atoms with van der Waals surface area (Å²) in [5, 5.41) is 2.97. The van der Waals surface area contributed by atoms with Crippen LogP contribution in [0.25, 0.3) is 0 Å². The Morgan fingerprint density at radius 3 is 2.76 bits per heavy atom. The lowest BCUT2D eigenvalue weighted by molar-refractivity contribution is -0.130. The van der Waals surface area contributed by atoms with Gasteiger partial charge >= 0.3 is 0 Å². The smallest absolute Gasteiger partial charge is 0.259 e. The van der Waals surface area contributed by atoms with Crippen LogP contribution < -0.4 is 15.8 Å². The van der Waals surface area contributed by atoms with E-state index in [1.807, 2.05) is 18.2 Å². The van der Waals surface area contributed by atoms with Crippen LogP contribution in [0, 0.1) is 5.92 Å². The van der Waals surface area contributed by atoms with Crippen LogP contribution in [0.15, 0.2) is 24.3 Å². The normalized spacial score (nSPS) is 19.5. The third kappa shape index (κ3) is 6.92. The van der Waals surface area contributed by atoms with Crippen molar-refractivity contribution >= 4 is 24.2 Å². The van der Waals surface area contributed by atoms with Gasteiger partial charge in [-0.15, -0.1) is 12.4 Å². The molecule has 0 saturated heterocycles. The highest BCUT2D eigenvalue weighted by molar-refractivity contribution is 5.85. The maximum atomic E-state index is 12.2. The lowest BCUT2D eigenvalue weighted by atomic mass is 9.85. The Morgan fingerprint density at radius 1 is 1.32 bits per heavy atom. The molecule has 2 unspecified atom stereocenters. The number of nitrogens with one attached hydrogen (secondary N) is 1. The highest BCUT2D eigenvalue weighted by atomic mass is 35.5. The van der Waals surface area contributed by atoms with Crippen molar-refractivity contribution in [1.29, 1.82) is 0 Å². The first-order valence-electron chi connectivity index (χ1n) is 8.41. The first kappa shape index (κ1) is 21.3. The summed E-state index contributed by atoms with van der Waals surface area (Å²) in [4.78, 5) is 25.3. The second-order valence-electron chi connectivity index (χ2n) is 6.57. The Balaban J connectivity index is 0.00000312. The molecule has 140 valence electrons. The molecule has 1 aromatic carbocycles. The Kier molecular flexibility index (Phi) is 8.72. The lowest BCUT2D eigenvalue weighted by Gasteiger charge is -2.25. The van der Waals surface area contributed by atoms with Gasteiger partial charge in [-0.2, -0.15) is 0 Å². The molecule has 6 nitrogen and oxygen atoms in total. The van der Waals surface area contributed by atoms with Crippen molar-refractivity contribution in [2.45, 2.75) is 38.3 Å². The zero-order valence-electron chi connectivity index (χ0n) is 14.9. The molecule has 1 aromatic rings. The van der Waals surface area contributed by atoms with E-state index in [0.717, 1.165) is 31.2 Å². The van der Waals surface area contributed by atoms with Gasteiger partial charge in [0.1, 0.15) is 5.75 Å². The average molecular weight is 370 g/mol. The Morgan fingerprint density at radius 2 is 2.08 bits per heavy atom. The number of likely N-dealkylation sites (N-methyl/N-ethyl adjacent to an activating group) is 1. The van der Waals surface area contributed by atoms with E-state index in [9.17, 15) is 9.59 Å². The van der Waals surface area contributed by atoms with Crippen LogP contribution >= 0.6 is 12.4 Å². The van der Waals surface area contributed by atoms with Crippen LogP contribution in [-0.4, -0.2) is 43.5 Å². The van der Waals surface area contributed by atoms with E-state index < -0.39 is 0 Å². The number of hydrogen-bond donors (Lipinski definition) is 2. The number of rotatable bonds is 6. The van der Waals surface area contributed by atoms with E-state index >= 15 is 0 Å². The van der Waals surface area contributed by atoms with Crippen LogP contribution in [0.5, 0.6) is 5.75 Å². The molecule has 0 aliphatic heterocycles. The molecule has 3 N–H and O–H groups in total. The van der Waals surface area contributed by atoms with Gasteiger partial charge in [-0.3, -0.25) is 9.59 Å². The number of ether oxygens (including phenoxy) is 1. The summed E-state index contributed by atoms with van der Waals surface area (Å²) in [5.41, 5.74) is 6.88. The predicted octanol–water partition coefficient (Wildman–Crippen LogP) is 1.71. The first-order valence-corrected chi connectivity index (χ1v) is 8.41. The lowest BCUT2D eigenvalue weighted by Crippen LogP contribution is -2.37. The SMILES string of the molecule is CN(C)C(=O)COc1cccc(CNC(=O)C2CCCC(N)C2)c1.Cl. The second-order valence-corrected chi connectivity index (χ2v) is 6.57. The molecule has 0 bridgehead atoms. The van der Waals surface area contributed by atoms with Gasteiger partial charge in [0.05, 0.1) is 0 Å². The fourth-order valence-corrected chi connectivity index (χ4v) is 2.82. The number of amides is 2. The van der Waals surface area contributed by atoms with Crippen molar-refractivity contribution in [2.24, 2.45) is 11.7 Å². The van der Waals surface area contributed by atoms with Crippen molar-refractivity contribution < 1.29 is 14.3 Å². The van der Waals surface area contributed by atoms with E-state index in [4.69, 9.17) is 10.5 Å². The number of hydrogen-bond acceptors (Lipinski definition) is 4. The number of benzene rings is 1. The molecule has 0 radical (unpaired) electrons. The summed E-state index contributed by atoms with van der Waals surface area (Å²) in [7, 11) is 3.38. The maximum Gasteiger partial charge on any atom is 0.259 e. The standard InChI is InChI=1S/C18H27N3O3.ClH/c1-21(2)17(22)12-24-16-8-3-5-13(9-16)11-20-18(23)14-6-4-7-15(19)10-14;/h3,5,8-9,14-15H,4,6-7,10-12,19H2,1-2H3,(H,20,23);1H. The van der Waals surface area contributed by atoms with E-state index in [-0.39, 0.29) is 42.8 Å². The summed E-state index contributed by atoms with van der Waals surface area (Å²) >= 11 is 0. The summed E-state index contributed by atoms with van der Waals surface area (Å²) < 4.78 is 5.49. The van der Waals surface area contributed by atoms with Gasteiger partial charge in [0, 0.05) is 32.6 Å². The van der Waals surface area contributed by atoms with Crippen molar-refractivity contribution in [3.05, 3.63) is 29.8 Å². The van der Waals surface area contributed by atoms with Crippen LogP contribution in [0.4, 0.5) is 0 Å². The molecule has 0 spiro atoms. The molecule has 1 aliphatic carbocycles. The minimum Gasteiger partial charge on any atom is -0.484 e. The molecule has 2 rings (SSSR count). The molecule has 7 heteroatoms. The monoisotopic (exact) mass is 369 g/mol. The maximum absolute atomic E-state index is 12.2. The predicted molar refractivity (Wildman–Crippen MR) is 99.7 cm³/mol. The minimum absolute atomic E-state index is 0. The zero-order chi connectivity index (χ0) is 17.5. The van der Waals surface area contributed by atoms with Crippen molar-refractivity contribution in [3.63, 3.8) is 0 Å². The topological polar surface area (TPSA) is 84.7 Å². The fraction of sp³-hybridized carbons (Fsp3) is 0.556. The molecule has 2 amide bonds. The van der Waals surface area contributed by atoms with Crippen LogP contribution in [-0.2, 0) is 16.1 Å². The molecular formula is C18H28ClN3O3. The molecular weight excluding hydrogens is 342 g/mol. The fourth-order valence-electron chi connectivity index (χ4n) is 2.82. The first-order chi connectivity index (χ1) is 11.5. The van der Waals surface area contributed by atoms with Gasteiger partial charge in [-0.05, 0) is 37.0 Å². The number of carbonyl (C=O) groups excluding carboxylic acids is 2. The van der Waals surface area contributed by atoms with Crippen molar-refractivity contribution in [1.82, 2.24) is 10.2 Å². The highest BCUT2D eigenvalue weighted by Crippen LogP contribution is 2.23. The molecule has 0 aromatic heterocycles. The summed E-state index contributed by atoms with van der Waals surface area (Å²) in [5.74, 6) is 0.615. The highest BCUT2D eigenvalue weighted by Gasteiger charge is 2.24. The average Bonchev–Trinajstić information content (AvgIpc) is 2.57. The molecule has 1 aliphatic rings.